The molecule has 2 amide bonds. The molecule has 0 unspecified atom stereocenters. The molecule has 7 nitrogen and oxygen atoms in total. The molecular formula is C17H21F3N2O5. The van der Waals surface area contributed by atoms with Crippen molar-refractivity contribution in [1.82, 2.24) is 9.80 Å². The van der Waals surface area contributed by atoms with E-state index in [1.165, 1.54) is 29.0 Å². The maximum Gasteiger partial charge on any atom is 0.416 e. The van der Waals surface area contributed by atoms with Crippen molar-refractivity contribution < 1.29 is 37.4 Å². The van der Waals surface area contributed by atoms with Crippen LogP contribution in [-0.2, 0) is 31.8 Å². The van der Waals surface area contributed by atoms with Gasteiger partial charge >= 0.3 is 6.18 Å². The summed E-state index contributed by atoms with van der Waals surface area (Å²) in [5, 5.41) is 6.89. The monoisotopic (exact) mass is 390 g/mol. The standard InChI is InChI=1S/C16H19F3N2O3.CH2O2/c1-11-15(23)20(7-8-24-2)10-14(22)21(11)9-12-3-5-13(6-4-12)16(17,18)19;2-1-3/h3-6,11H,7-10H2,1-2H3;1H,(H,2,3)/t11-;/m0./s1. The molecule has 0 bridgehead atoms. The van der Waals surface area contributed by atoms with Gasteiger partial charge in [0, 0.05) is 20.2 Å². The Hall–Kier alpha value is -2.62. The van der Waals surface area contributed by atoms with Gasteiger partial charge in [-0.05, 0) is 24.6 Å². The number of piperazine rings is 1. The normalized spacial score (nSPS) is 17.4. The van der Waals surface area contributed by atoms with E-state index in [1.54, 1.807) is 6.92 Å². The Bertz CT molecular complexity index is 649. The number of carbonyl (C=O) groups is 3. The number of hydrogen-bond donors (Lipinski definition) is 1. The van der Waals surface area contributed by atoms with Crippen molar-refractivity contribution in [3.05, 3.63) is 35.4 Å². The van der Waals surface area contributed by atoms with Crippen LogP contribution in [0.15, 0.2) is 24.3 Å². The molecule has 0 aromatic heterocycles. The van der Waals surface area contributed by atoms with Crippen molar-refractivity contribution in [3.8, 4) is 0 Å². The molecule has 0 saturated carbocycles. The fourth-order valence-corrected chi connectivity index (χ4v) is 2.56. The van der Waals surface area contributed by atoms with Gasteiger partial charge in [0.05, 0.1) is 18.7 Å². The van der Waals surface area contributed by atoms with Gasteiger partial charge in [-0.2, -0.15) is 13.2 Å². The van der Waals surface area contributed by atoms with Crippen LogP contribution in [0, 0.1) is 0 Å². The quantitative estimate of drug-likeness (QED) is 0.772. The SMILES string of the molecule is COCCN1CC(=O)N(Cc2ccc(C(F)(F)F)cc2)[C@@H](C)C1=O.O=CO. The molecule has 1 aliphatic heterocycles. The van der Waals surface area contributed by atoms with Gasteiger partial charge in [-0.1, -0.05) is 12.1 Å². The summed E-state index contributed by atoms with van der Waals surface area (Å²) in [6.07, 6.45) is -4.40. The fourth-order valence-electron chi connectivity index (χ4n) is 2.56. The molecule has 150 valence electrons. The molecule has 1 aromatic carbocycles. The third kappa shape index (κ3) is 6.24. The highest BCUT2D eigenvalue weighted by atomic mass is 19.4. The van der Waals surface area contributed by atoms with Crippen LogP contribution in [0.4, 0.5) is 13.2 Å². The first-order valence-corrected chi connectivity index (χ1v) is 7.96. The molecule has 1 aliphatic rings. The predicted molar refractivity (Wildman–Crippen MR) is 88.6 cm³/mol. The second-order valence-corrected chi connectivity index (χ2v) is 5.75. The van der Waals surface area contributed by atoms with Crippen LogP contribution < -0.4 is 0 Å². The first-order valence-electron chi connectivity index (χ1n) is 7.96. The van der Waals surface area contributed by atoms with E-state index in [0.717, 1.165) is 12.1 Å². The Morgan fingerprint density at radius 1 is 1.26 bits per heavy atom. The lowest BCUT2D eigenvalue weighted by atomic mass is 10.1. The third-order valence-electron chi connectivity index (χ3n) is 3.98. The van der Waals surface area contributed by atoms with E-state index >= 15 is 0 Å². The summed E-state index contributed by atoms with van der Waals surface area (Å²) in [5.41, 5.74) is -0.201. The molecule has 1 atom stereocenters. The number of amides is 2. The molecule has 10 heteroatoms. The molecular weight excluding hydrogens is 369 g/mol. The van der Waals surface area contributed by atoms with Crippen LogP contribution >= 0.6 is 0 Å². The molecule has 27 heavy (non-hydrogen) atoms. The minimum atomic E-state index is -4.40. The number of benzene rings is 1. The van der Waals surface area contributed by atoms with Gasteiger partial charge in [0.15, 0.2) is 0 Å². The van der Waals surface area contributed by atoms with Crippen LogP contribution in [0.2, 0.25) is 0 Å². The average molecular weight is 390 g/mol. The maximum atomic E-state index is 12.6. The lowest BCUT2D eigenvalue weighted by Crippen LogP contribution is -2.58. The lowest BCUT2D eigenvalue weighted by Gasteiger charge is -2.38. The number of halogens is 3. The van der Waals surface area contributed by atoms with Gasteiger partial charge in [-0.15, -0.1) is 0 Å². The third-order valence-corrected chi connectivity index (χ3v) is 3.98. The summed E-state index contributed by atoms with van der Waals surface area (Å²) in [4.78, 5) is 35.7. The minimum Gasteiger partial charge on any atom is -0.483 e. The number of carbonyl (C=O) groups excluding carboxylic acids is 2. The van der Waals surface area contributed by atoms with Crippen LogP contribution in [0.1, 0.15) is 18.1 Å². The number of alkyl halides is 3. The van der Waals surface area contributed by atoms with Crippen LogP contribution in [0.3, 0.4) is 0 Å². The van der Waals surface area contributed by atoms with E-state index in [0.29, 0.717) is 18.7 Å². The molecule has 0 aliphatic carbocycles. The number of nitrogens with zero attached hydrogens (tertiary/aromatic N) is 2. The summed E-state index contributed by atoms with van der Waals surface area (Å²) < 4.78 is 42.6. The van der Waals surface area contributed by atoms with E-state index in [9.17, 15) is 22.8 Å². The highest BCUT2D eigenvalue weighted by Gasteiger charge is 2.36. The topological polar surface area (TPSA) is 87.2 Å². The second-order valence-electron chi connectivity index (χ2n) is 5.75. The van der Waals surface area contributed by atoms with Crippen LogP contribution in [0.25, 0.3) is 0 Å². The number of rotatable bonds is 5. The predicted octanol–water partition coefficient (Wildman–Crippen LogP) is 1.61. The maximum absolute atomic E-state index is 12.6. The lowest BCUT2D eigenvalue weighted by molar-refractivity contribution is -0.156. The van der Waals surface area contributed by atoms with E-state index in [2.05, 4.69) is 0 Å². The average Bonchev–Trinajstić information content (AvgIpc) is 2.61. The van der Waals surface area contributed by atoms with Crippen LogP contribution in [-0.4, -0.2) is 66.0 Å². The molecule has 1 aromatic rings. The molecule has 1 N–H and O–H groups in total. The van der Waals surface area contributed by atoms with Crippen molar-refractivity contribution >= 4 is 18.3 Å². The molecule has 1 saturated heterocycles. The Labute approximate surface area is 154 Å². The van der Waals surface area contributed by atoms with Crippen molar-refractivity contribution in [2.75, 3.05) is 26.8 Å². The first kappa shape index (κ1) is 22.4. The molecule has 0 radical (unpaired) electrons. The van der Waals surface area contributed by atoms with Gasteiger partial charge in [-0.25, -0.2) is 0 Å². The number of methoxy groups -OCH3 is 1. The van der Waals surface area contributed by atoms with E-state index < -0.39 is 17.8 Å². The molecule has 1 heterocycles. The molecule has 1 fully saturated rings. The highest BCUT2D eigenvalue weighted by Crippen LogP contribution is 2.29. The van der Waals surface area contributed by atoms with E-state index in [-0.39, 0.29) is 31.4 Å². The van der Waals surface area contributed by atoms with E-state index in [1.807, 2.05) is 0 Å². The summed E-state index contributed by atoms with van der Waals surface area (Å²) >= 11 is 0. The van der Waals surface area contributed by atoms with Crippen LogP contribution in [0.5, 0.6) is 0 Å². The summed E-state index contributed by atoms with van der Waals surface area (Å²) in [6, 6.07) is 3.93. The summed E-state index contributed by atoms with van der Waals surface area (Å²) in [5.74, 6) is -0.434. The summed E-state index contributed by atoms with van der Waals surface area (Å²) in [6.45, 7) is 2.09. The Morgan fingerprint density at radius 2 is 1.81 bits per heavy atom. The Kier molecular flexibility index (Phi) is 8.23. The zero-order valence-corrected chi connectivity index (χ0v) is 14.9. The minimum absolute atomic E-state index is 0.0484. The van der Waals surface area contributed by atoms with Crippen molar-refractivity contribution in [2.45, 2.75) is 25.7 Å². The smallest absolute Gasteiger partial charge is 0.416 e. The van der Waals surface area contributed by atoms with Gasteiger partial charge in [0.1, 0.15) is 6.04 Å². The van der Waals surface area contributed by atoms with Gasteiger partial charge in [0.2, 0.25) is 11.8 Å². The Balaban J connectivity index is 0.00000114. The van der Waals surface area contributed by atoms with Crippen molar-refractivity contribution in [3.63, 3.8) is 0 Å². The van der Waals surface area contributed by atoms with Gasteiger partial charge < -0.3 is 19.6 Å². The Morgan fingerprint density at radius 3 is 2.30 bits per heavy atom. The van der Waals surface area contributed by atoms with Gasteiger partial charge in [0.25, 0.3) is 6.47 Å². The van der Waals surface area contributed by atoms with E-state index in [4.69, 9.17) is 14.6 Å². The number of carboxylic acid groups (broad SMARTS) is 1. The number of hydrogen-bond acceptors (Lipinski definition) is 4. The molecule has 0 spiro atoms. The zero-order chi connectivity index (χ0) is 20.6. The highest BCUT2D eigenvalue weighted by molar-refractivity contribution is 5.94. The number of ether oxygens (including phenoxy) is 1. The van der Waals surface area contributed by atoms with Crippen molar-refractivity contribution in [1.29, 1.82) is 0 Å². The second kappa shape index (κ2) is 9.91. The van der Waals surface area contributed by atoms with Gasteiger partial charge in [-0.3, -0.25) is 14.4 Å². The molecule has 2 rings (SSSR count). The van der Waals surface area contributed by atoms with Crippen molar-refractivity contribution in [2.24, 2.45) is 0 Å². The fraction of sp³-hybridized carbons (Fsp3) is 0.471. The largest absolute Gasteiger partial charge is 0.483 e. The first-order chi connectivity index (χ1) is 12.6. The zero-order valence-electron chi connectivity index (χ0n) is 14.9. The summed E-state index contributed by atoms with van der Waals surface area (Å²) in [7, 11) is 1.51.